The van der Waals surface area contributed by atoms with Crippen LogP contribution in [-0.4, -0.2) is 39.2 Å². The fourth-order valence-electron chi connectivity index (χ4n) is 3.59. The third-order valence-corrected chi connectivity index (χ3v) is 6.25. The molecule has 1 amide bonds. The Bertz CT molecular complexity index is 1120. The molecule has 0 bridgehead atoms. The number of carbonyl (C=O) groups excluding carboxylic acids is 1. The van der Waals surface area contributed by atoms with Crippen molar-refractivity contribution in [1.82, 2.24) is 14.5 Å². The Morgan fingerprint density at radius 1 is 1.14 bits per heavy atom. The summed E-state index contributed by atoms with van der Waals surface area (Å²) in [4.78, 5) is 32.5. The molecule has 5 nitrogen and oxygen atoms in total. The first kappa shape index (κ1) is 20.0. The number of carbonyl (C=O) groups is 1. The molecule has 1 saturated heterocycles. The summed E-state index contributed by atoms with van der Waals surface area (Å²) in [5.41, 5.74) is 2.17. The lowest BCUT2D eigenvalue weighted by molar-refractivity contribution is -0.129. The van der Waals surface area contributed by atoms with Crippen molar-refractivity contribution in [2.45, 2.75) is 31.3 Å². The Morgan fingerprint density at radius 3 is 2.69 bits per heavy atom. The van der Waals surface area contributed by atoms with Gasteiger partial charge >= 0.3 is 0 Å². The van der Waals surface area contributed by atoms with Crippen LogP contribution < -0.4 is 5.56 Å². The molecule has 150 valence electrons. The maximum Gasteiger partial charge on any atom is 0.266 e. The molecule has 7 heteroatoms. The maximum absolute atomic E-state index is 13.3. The summed E-state index contributed by atoms with van der Waals surface area (Å²) in [7, 11) is 0. The van der Waals surface area contributed by atoms with Crippen molar-refractivity contribution < 1.29 is 4.79 Å². The number of fused-ring (bicyclic) bond motifs is 1. The lowest BCUT2D eigenvalue weighted by Gasteiger charge is -2.26. The van der Waals surface area contributed by atoms with E-state index in [1.54, 1.807) is 22.8 Å². The third kappa shape index (κ3) is 4.33. The molecule has 29 heavy (non-hydrogen) atoms. The second-order valence-electron chi connectivity index (χ2n) is 7.27. The Morgan fingerprint density at radius 2 is 1.93 bits per heavy atom. The fourth-order valence-corrected chi connectivity index (χ4v) is 4.67. The monoisotopic (exact) mass is 427 g/mol. The van der Waals surface area contributed by atoms with Gasteiger partial charge in [-0.15, -0.1) is 0 Å². The van der Waals surface area contributed by atoms with Crippen molar-refractivity contribution >= 4 is 40.2 Å². The Hall–Kier alpha value is -2.31. The third-order valence-electron chi connectivity index (χ3n) is 5.09. The van der Waals surface area contributed by atoms with E-state index in [2.05, 4.69) is 0 Å². The molecular weight excluding hydrogens is 406 g/mol. The zero-order chi connectivity index (χ0) is 20.4. The van der Waals surface area contributed by atoms with Gasteiger partial charge in [0.15, 0.2) is 5.16 Å². The van der Waals surface area contributed by atoms with Crippen LogP contribution in [0.5, 0.6) is 0 Å². The van der Waals surface area contributed by atoms with Crippen LogP contribution >= 0.6 is 23.4 Å². The minimum absolute atomic E-state index is 0.0888. The summed E-state index contributed by atoms with van der Waals surface area (Å²) < 4.78 is 1.59. The summed E-state index contributed by atoms with van der Waals surface area (Å²) in [6.07, 6.45) is 3.28. The van der Waals surface area contributed by atoms with E-state index < -0.39 is 0 Å². The number of amides is 1. The van der Waals surface area contributed by atoms with E-state index in [1.165, 1.54) is 18.2 Å². The lowest BCUT2D eigenvalue weighted by atomic mass is 10.1. The van der Waals surface area contributed by atoms with Crippen LogP contribution in [0.15, 0.2) is 52.4 Å². The predicted octanol–water partition coefficient (Wildman–Crippen LogP) is 4.45. The summed E-state index contributed by atoms with van der Waals surface area (Å²) in [5.74, 6) is 0.343. The highest BCUT2D eigenvalue weighted by molar-refractivity contribution is 7.99. The van der Waals surface area contributed by atoms with E-state index in [1.807, 2.05) is 36.1 Å². The number of rotatable bonds is 4. The molecule has 4 rings (SSSR count). The minimum atomic E-state index is -0.162. The molecule has 0 N–H and O–H groups in total. The number of aromatic nitrogens is 2. The van der Waals surface area contributed by atoms with Crippen LogP contribution in [0, 0.1) is 6.92 Å². The zero-order valence-corrected chi connectivity index (χ0v) is 17.8. The van der Waals surface area contributed by atoms with Gasteiger partial charge in [0.05, 0.1) is 22.3 Å². The molecule has 1 aliphatic rings. The Balaban J connectivity index is 1.75. The van der Waals surface area contributed by atoms with Gasteiger partial charge in [0.1, 0.15) is 0 Å². The number of benzene rings is 2. The molecule has 2 heterocycles. The molecule has 1 fully saturated rings. The van der Waals surface area contributed by atoms with Crippen LogP contribution in [0.2, 0.25) is 5.02 Å². The van der Waals surface area contributed by atoms with Gasteiger partial charge in [-0.3, -0.25) is 14.2 Å². The van der Waals surface area contributed by atoms with E-state index in [0.717, 1.165) is 37.2 Å². The first-order chi connectivity index (χ1) is 14.0. The van der Waals surface area contributed by atoms with E-state index in [4.69, 9.17) is 16.6 Å². The SMILES string of the molecule is Cc1cccc(-n2c(SCC(=O)N3CCCCC3)nc3cc(Cl)ccc3c2=O)c1. The van der Waals surface area contributed by atoms with E-state index >= 15 is 0 Å². The molecular formula is C22H22ClN3O2S. The smallest absolute Gasteiger partial charge is 0.266 e. The summed E-state index contributed by atoms with van der Waals surface area (Å²) >= 11 is 7.42. The van der Waals surface area contributed by atoms with E-state index in [9.17, 15) is 9.59 Å². The number of hydrogen-bond donors (Lipinski definition) is 0. The molecule has 0 atom stereocenters. The Labute approximate surface area is 178 Å². The lowest BCUT2D eigenvalue weighted by Crippen LogP contribution is -2.36. The number of thioether (sulfide) groups is 1. The standard InChI is InChI=1S/C22H22ClN3O2S/c1-15-6-5-7-17(12-15)26-21(28)18-9-8-16(23)13-19(18)24-22(26)29-14-20(27)25-10-3-2-4-11-25/h5-9,12-13H,2-4,10-11,14H2,1H3. The normalized spacial score (nSPS) is 14.3. The number of hydrogen-bond acceptors (Lipinski definition) is 4. The highest BCUT2D eigenvalue weighted by Gasteiger charge is 2.19. The highest BCUT2D eigenvalue weighted by Crippen LogP contribution is 2.24. The largest absolute Gasteiger partial charge is 0.342 e. The van der Waals surface area contributed by atoms with E-state index in [-0.39, 0.29) is 17.2 Å². The molecule has 3 aromatic rings. The number of halogens is 1. The molecule has 1 aliphatic heterocycles. The topological polar surface area (TPSA) is 55.2 Å². The quantitative estimate of drug-likeness (QED) is 0.456. The van der Waals surface area contributed by atoms with Gasteiger partial charge < -0.3 is 4.90 Å². The number of nitrogens with zero attached hydrogens (tertiary/aromatic N) is 3. The van der Waals surface area contributed by atoms with Crippen molar-refractivity contribution in [2.24, 2.45) is 0 Å². The van der Waals surface area contributed by atoms with Gasteiger partial charge in [-0.25, -0.2) is 4.98 Å². The van der Waals surface area contributed by atoms with Crippen LogP contribution in [0.4, 0.5) is 0 Å². The molecule has 0 spiro atoms. The van der Waals surface area contributed by atoms with Gasteiger partial charge in [0.2, 0.25) is 5.91 Å². The van der Waals surface area contributed by atoms with Crippen molar-refractivity contribution in [3.05, 3.63) is 63.4 Å². The average molecular weight is 428 g/mol. The molecule has 1 aromatic heterocycles. The van der Waals surface area contributed by atoms with Crippen molar-refractivity contribution in [1.29, 1.82) is 0 Å². The maximum atomic E-state index is 13.3. The van der Waals surface area contributed by atoms with Crippen molar-refractivity contribution in [2.75, 3.05) is 18.8 Å². The zero-order valence-electron chi connectivity index (χ0n) is 16.2. The molecule has 0 radical (unpaired) electrons. The second-order valence-corrected chi connectivity index (χ2v) is 8.64. The summed E-state index contributed by atoms with van der Waals surface area (Å²) in [6, 6.07) is 12.8. The summed E-state index contributed by atoms with van der Waals surface area (Å²) in [5, 5.41) is 1.53. The second kappa shape index (κ2) is 8.59. The summed E-state index contributed by atoms with van der Waals surface area (Å²) in [6.45, 7) is 3.60. The first-order valence-corrected chi connectivity index (χ1v) is 11.1. The van der Waals surface area contributed by atoms with Crippen LogP contribution in [0.1, 0.15) is 24.8 Å². The van der Waals surface area contributed by atoms with Crippen molar-refractivity contribution in [3.8, 4) is 5.69 Å². The van der Waals surface area contributed by atoms with Crippen LogP contribution in [0.3, 0.4) is 0 Å². The fraction of sp³-hybridized carbons (Fsp3) is 0.318. The van der Waals surface area contributed by atoms with Crippen molar-refractivity contribution in [3.63, 3.8) is 0 Å². The molecule has 2 aromatic carbocycles. The number of likely N-dealkylation sites (tertiary alicyclic amines) is 1. The predicted molar refractivity (Wildman–Crippen MR) is 118 cm³/mol. The van der Waals surface area contributed by atoms with Gasteiger partial charge in [-0.2, -0.15) is 0 Å². The minimum Gasteiger partial charge on any atom is -0.342 e. The van der Waals surface area contributed by atoms with Gasteiger partial charge in [-0.1, -0.05) is 35.5 Å². The number of aryl methyl sites for hydroxylation is 1. The van der Waals surface area contributed by atoms with Gasteiger partial charge in [0.25, 0.3) is 5.56 Å². The van der Waals surface area contributed by atoms with Crippen LogP contribution in [-0.2, 0) is 4.79 Å². The highest BCUT2D eigenvalue weighted by atomic mass is 35.5. The Kier molecular flexibility index (Phi) is 5.92. The first-order valence-electron chi connectivity index (χ1n) is 9.73. The average Bonchev–Trinajstić information content (AvgIpc) is 2.72. The van der Waals surface area contributed by atoms with E-state index in [0.29, 0.717) is 21.1 Å². The number of piperidine rings is 1. The molecule has 0 aliphatic carbocycles. The van der Waals surface area contributed by atoms with Gasteiger partial charge in [0, 0.05) is 18.1 Å². The van der Waals surface area contributed by atoms with Crippen LogP contribution in [0.25, 0.3) is 16.6 Å². The van der Waals surface area contributed by atoms with Gasteiger partial charge in [-0.05, 0) is 62.1 Å². The molecule has 0 unspecified atom stereocenters. The molecule has 0 saturated carbocycles.